The Morgan fingerprint density at radius 3 is 1.09 bits per heavy atom. The zero-order valence-electron chi connectivity index (χ0n) is 36.9. The third-order valence-electron chi connectivity index (χ3n) is 14.7. The van der Waals surface area contributed by atoms with E-state index in [4.69, 9.17) is 13.3 Å². The number of furan rings is 3. The molecule has 8 nitrogen and oxygen atoms in total. The van der Waals surface area contributed by atoms with E-state index in [1.807, 2.05) is 97.1 Å². The molecule has 0 spiro atoms. The molecule has 0 aliphatic heterocycles. The second-order valence-corrected chi connectivity index (χ2v) is 18.1. The summed E-state index contributed by atoms with van der Waals surface area (Å²) >= 11 is 0. The van der Waals surface area contributed by atoms with Crippen molar-refractivity contribution in [1.29, 1.82) is 10.5 Å². The van der Waals surface area contributed by atoms with Crippen LogP contribution in [-0.4, -0.2) is 13.7 Å². The summed E-state index contributed by atoms with van der Waals surface area (Å²) in [5.74, 6) is 0. The predicted molar refractivity (Wildman–Crippen MR) is 281 cm³/mol. The van der Waals surface area contributed by atoms with Gasteiger partial charge in [-0.1, -0.05) is 109 Å². The van der Waals surface area contributed by atoms with Crippen LogP contribution >= 0.6 is 0 Å². The normalized spacial score (nSPS) is 12.3. The minimum atomic E-state index is 0.378. The molecule has 0 radical (unpaired) electrons. The van der Waals surface area contributed by atoms with Crippen molar-refractivity contribution < 1.29 is 13.3 Å². The number of hydrogen-bond donors (Lipinski definition) is 0. The molecule has 0 atom stereocenters. The van der Waals surface area contributed by atoms with Gasteiger partial charge in [0.25, 0.3) is 0 Å². The molecule has 0 aliphatic rings. The quantitative estimate of drug-likeness (QED) is 0.176. The average Bonchev–Trinajstić information content (AvgIpc) is 4.26. The zero-order chi connectivity index (χ0) is 45.9. The van der Waals surface area contributed by atoms with E-state index >= 15 is 0 Å². The van der Waals surface area contributed by atoms with Crippen LogP contribution in [-0.2, 0) is 0 Å². The summed E-state index contributed by atoms with van der Waals surface area (Å²) in [6.45, 7) is 0. The molecule has 10 aromatic carbocycles. The molecule has 6 aromatic heterocycles. The molecule has 0 aliphatic carbocycles. The van der Waals surface area contributed by atoms with Crippen molar-refractivity contribution in [1.82, 2.24) is 13.7 Å². The Bertz CT molecular complexity index is 5110. The Kier molecular flexibility index (Phi) is 7.06. The molecule has 0 unspecified atom stereocenters. The van der Waals surface area contributed by atoms with Crippen LogP contribution in [0.3, 0.4) is 0 Å². The van der Waals surface area contributed by atoms with Gasteiger partial charge in [-0.05, 0) is 78.9 Å². The summed E-state index contributed by atoms with van der Waals surface area (Å²) in [4.78, 5) is 0. The summed E-state index contributed by atoms with van der Waals surface area (Å²) in [5, 5.41) is 35.7. The van der Waals surface area contributed by atoms with Crippen LogP contribution in [0.15, 0.2) is 201 Å². The lowest BCUT2D eigenvalue weighted by atomic mass is 10.0. The third-order valence-corrected chi connectivity index (χ3v) is 14.7. The summed E-state index contributed by atoms with van der Waals surface area (Å²) < 4.78 is 26.7. The van der Waals surface area contributed by atoms with Gasteiger partial charge in [0.1, 0.15) is 51.2 Å². The van der Waals surface area contributed by atoms with Gasteiger partial charge in [-0.15, -0.1) is 0 Å². The maximum atomic E-state index is 12.1. The van der Waals surface area contributed by atoms with Crippen molar-refractivity contribution in [3.8, 4) is 29.2 Å². The molecular formula is C62H31N5O3. The van der Waals surface area contributed by atoms with E-state index in [-0.39, 0.29) is 0 Å². The molecule has 0 saturated heterocycles. The van der Waals surface area contributed by atoms with Crippen LogP contribution < -0.4 is 0 Å². The SMILES string of the molecule is N#Cc1cc(-n2c3ccccc3c3c4oc5ccccc5c4ccc32)c(C#N)c(-n2c3ccccc3c3c4oc5ccccc5c4ccc32)c1-n1c2ccccc2c2c3oc4ccccc4c3ccc21. The van der Waals surface area contributed by atoms with Crippen LogP contribution in [0.2, 0.25) is 0 Å². The van der Waals surface area contributed by atoms with Crippen molar-refractivity contribution >= 4 is 131 Å². The Hall–Kier alpha value is -10.0. The number of aromatic nitrogens is 3. The fraction of sp³-hybridized carbons (Fsp3) is 0. The first-order chi connectivity index (χ1) is 34.7. The molecule has 8 heteroatoms. The van der Waals surface area contributed by atoms with E-state index < -0.39 is 0 Å². The average molecular weight is 894 g/mol. The lowest BCUT2D eigenvalue weighted by molar-refractivity contribution is 0.672. The second kappa shape index (κ2) is 13.3. The van der Waals surface area contributed by atoms with E-state index in [1.165, 1.54) is 0 Å². The molecule has 6 heterocycles. The standard InChI is InChI=1S/C62H31N5O3/c63-32-34-31-51(65-45-19-7-1-16-41(45)55-48(65)28-25-38-35-13-4-10-22-52(35)68-60(38)55)44(33-64)59(67-47-21-9-3-18-43(47)57-50(67)30-27-40-37-15-6-12-24-54(37)70-62(40)57)58(34)66-46-20-8-2-17-42(46)56-49(66)29-26-39-36-14-5-11-23-53(36)69-61(39)56/h1-31H. The second-order valence-electron chi connectivity index (χ2n) is 18.1. The number of para-hydroxylation sites is 6. The number of hydrogen-bond acceptors (Lipinski definition) is 5. The van der Waals surface area contributed by atoms with Crippen LogP contribution in [0, 0.1) is 22.7 Å². The maximum absolute atomic E-state index is 12.1. The van der Waals surface area contributed by atoms with Gasteiger partial charge in [-0.2, -0.15) is 10.5 Å². The highest BCUT2D eigenvalue weighted by atomic mass is 16.3. The van der Waals surface area contributed by atoms with Gasteiger partial charge in [-0.25, -0.2) is 0 Å². The summed E-state index contributed by atoms with van der Waals surface area (Å²) in [6, 6.07) is 69.2. The Morgan fingerprint density at radius 2 is 0.671 bits per heavy atom. The number of fused-ring (bicyclic) bond motifs is 21. The van der Waals surface area contributed by atoms with E-state index in [9.17, 15) is 10.5 Å². The molecule has 16 aromatic rings. The molecule has 0 fully saturated rings. The number of nitriles is 2. The molecule has 322 valence electrons. The van der Waals surface area contributed by atoms with Gasteiger partial charge in [0.15, 0.2) is 0 Å². The fourth-order valence-electron chi connectivity index (χ4n) is 11.9. The van der Waals surface area contributed by atoms with Gasteiger partial charge in [0.2, 0.25) is 0 Å². The zero-order valence-corrected chi connectivity index (χ0v) is 36.9. The van der Waals surface area contributed by atoms with E-state index in [0.29, 0.717) is 28.2 Å². The molecule has 0 bridgehead atoms. The van der Waals surface area contributed by atoms with Crippen molar-refractivity contribution in [3.63, 3.8) is 0 Å². The Balaban J connectivity index is 1.12. The maximum Gasteiger partial charge on any atom is 0.145 e. The van der Waals surface area contributed by atoms with Crippen LogP contribution in [0.5, 0.6) is 0 Å². The van der Waals surface area contributed by atoms with Crippen molar-refractivity contribution in [2.24, 2.45) is 0 Å². The monoisotopic (exact) mass is 893 g/mol. The molecule has 16 rings (SSSR count). The Labute approximate surface area is 395 Å². The molecule has 0 N–H and O–H groups in total. The van der Waals surface area contributed by atoms with Crippen molar-refractivity contribution in [2.45, 2.75) is 0 Å². The molecule has 0 amide bonds. The fourth-order valence-corrected chi connectivity index (χ4v) is 11.9. The topological polar surface area (TPSA) is 102 Å². The largest absolute Gasteiger partial charge is 0.455 e. The van der Waals surface area contributed by atoms with E-state index in [2.05, 4.69) is 117 Å². The highest BCUT2D eigenvalue weighted by Crippen LogP contribution is 2.48. The van der Waals surface area contributed by atoms with Gasteiger partial charge < -0.3 is 27.0 Å². The molecule has 0 saturated carbocycles. The smallest absolute Gasteiger partial charge is 0.145 e. The highest BCUT2D eigenvalue weighted by Gasteiger charge is 2.31. The first kappa shape index (κ1) is 37.1. The van der Waals surface area contributed by atoms with Crippen LogP contribution in [0.25, 0.3) is 148 Å². The van der Waals surface area contributed by atoms with Gasteiger partial charge in [0, 0.05) is 48.5 Å². The van der Waals surface area contributed by atoms with E-state index in [1.54, 1.807) is 0 Å². The first-order valence-electron chi connectivity index (χ1n) is 23.2. The number of benzene rings is 10. The lowest BCUT2D eigenvalue weighted by Crippen LogP contribution is -2.12. The summed E-state index contributed by atoms with van der Waals surface area (Å²) in [6.07, 6.45) is 0. The number of nitrogens with zero attached hydrogens (tertiary/aromatic N) is 5. The van der Waals surface area contributed by atoms with Gasteiger partial charge in [0.05, 0.1) is 71.9 Å². The van der Waals surface area contributed by atoms with Gasteiger partial charge in [-0.3, -0.25) is 0 Å². The minimum absolute atomic E-state index is 0.378. The molecular weight excluding hydrogens is 863 g/mol. The number of rotatable bonds is 3. The van der Waals surface area contributed by atoms with E-state index in [0.717, 1.165) is 131 Å². The summed E-state index contributed by atoms with van der Waals surface area (Å²) in [5.41, 5.74) is 12.2. The van der Waals surface area contributed by atoms with Crippen molar-refractivity contribution in [3.05, 3.63) is 199 Å². The van der Waals surface area contributed by atoms with Gasteiger partial charge >= 0.3 is 0 Å². The lowest BCUT2D eigenvalue weighted by Gasteiger charge is -2.22. The Morgan fingerprint density at radius 1 is 0.314 bits per heavy atom. The van der Waals surface area contributed by atoms with Crippen LogP contribution in [0.1, 0.15) is 11.1 Å². The van der Waals surface area contributed by atoms with Crippen LogP contribution in [0.4, 0.5) is 0 Å². The molecule has 70 heavy (non-hydrogen) atoms. The highest BCUT2D eigenvalue weighted by molar-refractivity contribution is 6.27. The summed E-state index contributed by atoms with van der Waals surface area (Å²) in [7, 11) is 0. The third kappa shape index (κ3) is 4.57. The predicted octanol–water partition coefficient (Wildman–Crippen LogP) is 16.4. The van der Waals surface area contributed by atoms with Crippen molar-refractivity contribution in [2.75, 3.05) is 0 Å². The minimum Gasteiger partial charge on any atom is -0.455 e. The first-order valence-corrected chi connectivity index (χ1v) is 23.2.